The highest BCUT2D eigenvalue weighted by Gasteiger charge is 2.31. The number of carbonyl (C=O) groups excluding carboxylic acids is 2. The van der Waals surface area contributed by atoms with Crippen LogP contribution >= 0.6 is 0 Å². The molecule has 4 rings (SSSR count). The molecular formula is C28H32N6O7S. The summed E-state index contributed by atoms with van der Waals surface area (Å²) in [6.45, 7) is 5.32. The zero-order valence-electron chi connectivity index (χ0n) is 23.6. The van der Waals surface area contributed by atoms with Gasteiger partial charge in [-0.05, 0) is 57.0 Å². The number of anilines is 1. The predicted octanol–water partition coefficient (Wildman–Crippen LogP) is 2.50. The fourth-order valence-electron chi connectivity index (χ4n) is 4.23. The first kappa shape index (κ1) is 30.2. The molecule has 0 aliphatic carbocycles. The number of ether oxygens (including phenoxy) is 2. The van der Waals surface area contributed by atoms with Crippen LogP contribution in [-0.4, -0.2) is 48.5 Å². The largest absolute Gasteiger partial charge is 0.497 e. The number of rotatable bonds is 8. The maximum atomic E-state index is 13.3. The molecule has 0 saturated carbocycles. The van der Waals surface area contributed by atoms with Gasteiger partial charge in [0.2, 0.25) is 5.91 Å². The van der Waals surface area contributed by atoms with Gasteiger partial charge >= 0.3 is 6.09 Å². The van der Waals surface area contributed by atoms with Crippen LogP contribution in [0.1, 0.15) is 50.2 Å². The Balaban J connectivity index is 1.43. The third-order valence-electron chi connectivity index (χ3n) is 6.26. The summed E-state index contributed by atoms with van der Waals surface area (Å²) in [6, 6.07) is 11.6. The lowest BCUT2D eigenvalue weighted by Gasteiger charge is -2.17. The van der Waals surface area contributed by atoms with E-state index in [1.807, 2.05) is 0 Å². The molecule has 1 atom stereocenters. The Morgan fingerprint density at radius 2 is 1.79 bits per heavy atom. The molecule has 1 aromatic heterocycles. The molecule has 4 N–H and O–H groups in total. The van der Waals surface area contributed by atoms with Crippen LogP contribution in [0.3, 0.4) is 0 Å². The molecule has 0 saturated heterocycles. The second kappa shape index (κ2) is 12.0. The van der Waals surface area contributed by atoms with E-state index < -0.39 is 39.2 Å². The van der Waals surface area contributed by atoms with Crippen LogP contribution in [0.2, 0.25) is 0 Å². The SMILES string of the molecule is COc1ccc(S(=O)(=O)Nc2cnc3n(c2=O)C(C(=O)NCc2ccc(/C(N)=N/C(=O)OC(C)(C)C)cc2)CC3)cc1. The fourth-order valence-corrected chi connectivity index (χ4v) is 5.27. The number of nitrogens with two attached hydrogens (primary N) is 1. The van der Waals surface area contributed by atoms with E-state index in [0.717, 1.165) is 11.8 Å². The van der Waals surface area contributed by atoms with E-state index in [1.54, 1.807) is 45.0 Å². The number of aromatic nitrogens is 2. The molecule has 2 amide bonds. The first-order chi connectivity index (χ1) is 19.8. The first-order valence-corrected chi connectivity index (χ1v) is 14.5. The van der Waals surface area contributed by atoms with Crippen LogP contribution < -0.4 is 26.1 Å². The predicted molar refractivity (Wildman–Crippen MR) is 155 cm³/mol. The van der Waals surface area contributed by atoms with Gasteiger partial charge in [-0.3, -0.25) is 18.9 Å². The van der Waals surface area contributed by atoms with Gasteiger partial charge in [-0.1, -0.05) is 24.3 Å². The van der Waals surface area contributed by atoms with Crippen LogP contribution in [0.4, 0.5) is 10.5 Å². The van der Waals surface area contributed by atoms with Crippen molar-refractivity contribution in [2.24, 2.45) is 10.7 Å². The van der Waals surface area contributed by atoms with E-state index in [0.29, 0.717) is 30.0 Å². The van der Waals surface area contributed by atoms with Gasteiger partial charge in [0.05, 0.1) is 18.2 Å². The minimum absolute atomic E-state index is 0.00677. The minimum Gasteiger partial charge on any atom is -0.497 e. The number of amides is 2. The summed E-state index contributed by atoms with van der Waals surface area (Å²) < 4.78 is 39.4. The van der Waals surface area contributed by atoms with Crippen LogP contribution in [0.25, 0.3) is 0 Å². The van der Waals surface area contributed by atoms with E-state index in [2.05, 4.69) is 20.0 Å². The van der Waals surface area contributed by atoms with Gasteiger partial charge in [-0.25, -0.2) is 18.2 Å². The molecule has 2 heterocycles. The van der Waals surface area contributed by atoms with Crippen molar-refractivity contribution in [3.63, 3.8) is 0 Å². The normalized spacial score (nSPS) is 15.0. The Morgan fingerprint density at radius 3 is 2.40 bits per heavy atom. The summed E-state index contributed by atoms with van der Waals surface area (Å²) in [5.74, 6) is 0.446. The van der Waals surface area contributed by atoms with E-state index in [1.165, 1.54) is 35.9 Å². The van der Waals surface area contributed by atoms with Crippen LogP contribution in [-0.2, 0) is 32.5 Å². The number of nitrogens with zero attached hydrogens (tertiary/aromatic N) is 3. The number of carbonyl (C=O) groups is 2. The molecule has 42 heavy (non-hydrogen) atoms. The number of amidine groups is 1. The van der Waals surface area contributed by atoms with Gasteiger partial charge in [-0.15, -0.1) is 0 Å². The van der Waals surface area contributed by atoms with Crippen molar-refractivity contribution in [1.29, 1.82) is 0 Å². The van der Waals surface area contributed by atoms with Crippen molar-refractivity contribution in [3.8, 4) is 5.75 Å². The molecule has 3 aromatic rings. The van der Waals surface area contributed by atoms with Crippen LogP contribution in [0, 0.1) is 0 Å². The zero-order chi connectivity index (χ0) is 30.7. The molecule has 0 bridgehead atoms. The third-order valence-corrected chi connectivity index (χ3v) is 7.64. The van der Waals surface area contributed by atoms with Crippen LogP contribution in [0.5, 0.6) is 5.75 Å². The first-order valence-electron chi connectivity index (χ1n) is 13.0. The molecule has 0 spiro atoms. The summed E-state index contributed by atoms with van der Waals surface area (Å²) in [5, 5.41) is 2.81. The summed E-state index contributed by atoms with van der Waals surface area (Å²) in [5.41, 5.74) is 5.53. The highest BCUT2D eigenvalue weighted by molar-refractivity contribution is 7.92. The molecule has 13 nitrogen and oxygen atoms in total. The molecule has 2 aromatic carbocycles. The van der Waals surface area contributed by atoms with E-state index in [-0.39, 0.29) is 23.0 Å². The van der Waals surface area contributed by atoms with Gasteiger partial charge in [0.1, 0.15) is 34.7 Å². The lowest BCUT2D eigenvalue weighted by molar-refractivity contribution is -0.124. The Kier molecular flexibility index (Phi) is 8.66. The minimum atomic E-state index is -4.09. The topological polar surface area (TPSA) is 184 Å². The van der Waals surface area contributed by atoms with Crippen molar-refractivity contribution in [1.82, 2.24) is 14.9 Å². The van der Waals surface area contributed by atoms with Crippen molar-refractivity contribution < 1.29 is 27.5 Å². The molecule has 14 heteroatoms. The van der Waals surface area contributed by atoms with Gasteiger partial charge in [0.15, 0.2) is 0 Å². The number of benzene rings is 2. The summed E-state index contributed by atoms with van der Waals surface area (Å²) in [7, 11) is -2.63. The number of methoxy groups -OCH3 is 1. The standard InChI is InChI=1S/C28H32N6O7S/c1-28(2,3)41-27(37)32-24(29)18-7-5-17(6-8-18)15-31-25(35)22-13-14-23-30-16-21(26(36)34(22)23)33-42(38,39)20-11-9-19(40-4)10-12-20/h5-12,16,22,33H,13-15H2,1-4H3,(H,31,35)(H2,29,32,37). The van der Waals surface area contributed by atoms with Gasteiger partial charge in [0, 0.05) is 18.5 Å². The number of aryl methyl sites for hydroxylation is 1. The molecule has 1 aliphatic heterocycles. The Morgan fingerprint density at radius 1 is 1.12 bits per heavy atom. The molecule has 1 unspecified atom stereocenters. The lowest BCUT2D eigenvalue weighted by atomic mass is 10.1. The second-order valence-electron chi connectivity index (χ2n) is 10.5. The van der Waals surface area contributed by atoms with E-state index >= 15 is 0 Å². The van der Waals surface area contributed by atoms with E-state index in [9.17, 15) is 22.8 Å². The van der Waals surface area contributed by atoms with Gasteiger partial charge in [0.25, 0.3) is 15.6 Å². The number of fused-ring (bicyclic) bond motifs is 1. The highest BCUT2D eigenvalue weighted by Crippen LogP contribution is 2.24. The van der Waals surface area contributed by atoms with Crippen LogP contribution in [0.15, 0.2) is 69.4 Å². The smallest absolute Gasteiger partial charge is 0.436 e. The number of hydrogen-bond acceptors (Lipinski definition) is 8. The third kappa shape index (κ3) is 7.13. The molecule has 0 radical (unpaired) electrons. The molecular weight excluding hydrogens is 564 g/mol. The zero-order valence-corrected chi connectivity index (χ0v) is 24.4. The number of sulfonamides is 1. The average Bonchev–Trinajstić information content (AvgIpc) is 3.37. The maximum absolute atomic E-state index is 13.3. The van der Waals surface area contributed by atoms with Crippen molar-refractivity contribution in [2.45, 2.75) is 56.7 Å². The Hall–Kier alpha value is -4.72. The monoisotopic (exact) mass is 596 g/mol. The quantitative estimate of drug-likeness (QED) is 0.260. The highest BCUT2D eigenvalue weighted by atomic mass is 32.2. The fraction of sp³-hybridized carbons (Fsp3) is 0.321. The summed E-state index contributed by atoms with van der Waals surface area (Å²) in [6.07, 6.45) is 1.08. The Bertz CT molecular complexity index is 1680. The molecule has 222 valence electrons. The number of aliphatic imine (C=N–C) groups is 1. The molecule has 0 fully saturated rings. The van der Waals surface area contributed by atoms with Gasteiger partial charge in [-0.2, -0.15) is 4.99 Å². The number of nitrogens with one attached hydrogen (secondary N) is 2. The second-order valence-corrected chi connectivity index (χ2v) is 12.2. The maximum Gasteiger partial charge on any atom is 0.436 e. The summed E-state index contributed by atoms with van der Waals surface area (Å²) >= 11 is 0. The van der Waals surface area contributed by atoms with Gasteiger partial charge < -0.3 is 20.5 Å². The Labute approximate surface area is 242 Å². The molecule has 1 aliphatic rings. The number of hydrogen-bond donors (Lipinski definition) is 3. The van der Waals surface area contributed by atoms with E-state index in [4.69, 9.17) is 15.2 Å². The van der Waals surface area contributed by atoms with Crippen molar-refractivity contribution in [3.05, 3.63) is 82.0 Å². The summed E-state index contributed by atoms with van der Waals surface area (Å²) in [4.78, 5) is 46.1. The lowest BCUT2D eigenvalue weighted by Crippen LogP contribution is -2.36. The average molecular weight is 597 g/mol. The van der Waals surface area contributed by atoms with Crippen molar-refractivity contribution in [2.75, 3.05) is 11.8 Å². The van der Waals surface area contributed by atoms with Crippen molar-refractivity contribution >= 4 is 33.5 Å².